The minimum atomic E-state index is -1.08. The monoisotopic (exact) mass is 317 g/mol. The molecule has 1 saturated carbocycles. The Balaban J connectivity index is 1.76. The fourth-order valence-corrected chi connectivity index (χ4v) is 3.15. The van der Waals surface area contributed by atoms with Crippen molar-refractivity contribution in [3.8, 4) is 0 Å². The lowest BCUT2D eigenvalue weighted by Crippen LogP contribution is -2.22. The summed E-state index contributed by atoms with van der Waals surface area (Å²) in [5, 5.41) is 0. The Hall–Kier alpha value is -1.53. The Labute approximate surface area is 131 Å². The lowest BCUT2D eigenvalue weighted by Gasteiger charge is -2.15. The first-order valence-electron chi connectivity index (χ1n) is 7.86. The average molecular weight is 317 g/mol. The fourth-order valence-electron chi connectivity index (χ4n) is 2.39. The molecule has 1 aliphatic carbocycles. The lowest BCUT2D eigenvalue weighted by molar-refractivity contribution is 0.0897. The highest BCUT2D eigenvalue weighted by Gasteiger charge is 2.26. The zero-order valence-corrected chi connectivity index (χ0v) is 14.5. The van der Waals surface area contributed by atoms with Crippen molar-refractivity contribution in [2.45, 2.75) is 51.2 Å². The molecule has 2 aromatic heterocycles. The molecule has 0 unspecified atom stereocenters. The second-order valence-electron chi connectivity index (χ2n) is 7.26. The van der Waals surface area contributed by atoms with Gasteiger partial charge in [0.25, 0.3) is 0 Å². The number of nitrogens with zero attached hydrogens (tertiary/aromatic N) is 3. The van der Waals surface area contributed by atoms with Crippen LogP contribution in [0.4, 0.5) is 0 Å². The van der Waals surface area contributed by atoms with Crippen molar-refractivity contribution in [2.75, 3.05) is 6.61 Å². The third-order valence-corrected chi connectivity index (χ3v) is 5.67. The SMILES string of the molecule is C[Si](C)(C)CCOCn1cc(C=O)c2nc(C3CC3)cnc21. The van der Waals surface area contributed by atoms with Gasteiger partial charge in [-0.15, -0.1) is 0 Å². The van der Waals surface area contributed by atoms with Crippen molar-refractivity contribution in [3.63, 3.8) is 0 Å². The van der Waals surface area contributed by atoms with E-state index in [2.05, 4.69) is 29.6 Å². The third kappa shape index (κ3) is 3.44. The van der Waals surface area contributed by atoms with E-state index in [0.717, 1.165) is 30.3 Å². The lowest BCUT2D eigenvalue weighted by atomic mass is 10.3. The Morgan fingerprint density at radius 2 is 2.18 bits per heavy atom. The molecule has 118 valence electrons. The average Bonchev–Trinajstić information content (AvgIpc) is 3.25. The van der Waals surface area contributed by atoms with E-state index >= 15 is 0 Å². The van der Waals surface area contributed by atoms with Crippen molar-refractivity contribution < 1.29 is 9.53 Å². The van der Waals surface area contributed by atoms with E-state index in [9.17, 15) is 4.79 Å². The van der Waals surface area contributed by atoms with E-state index in [1.165, 1.54) is 12.8 Å². The number of hydrogen-bond acceptors (Lipinski definition) is 4. The van der Waals surface area contributed by atoms with Gasteiger partial charge in [-0.25, -0.2) is 9.97 Å². The minimum Gasteiger partial charge on any atom is -0.361 e. The normalized spacial score (nSPS) is 15.4. The van der Waals surface area contributed by atoms with Crippen LogP contribution >= 0.6 is 0 Å². The fraction of sp³-hybridized carbons (Fsp3) is 0.562. The van der Waals surface area contributed by atoms with Crippen LogP contribution in [-0.4, -0.2) is 35.5 Å². The van der Waals surface area contributed by atoms with Gasteiger partial charge in [-0.1, -0.05) is 19.6 Å². The highest BCUT2D eigenvalue weighted by molar-refractivity contribution is 6.76. The van der Waals surface area contributed by atoms with E-state index in [0.29, 0.717) is 23.7 Å². The summed E-state index contributed by atoms with van der Waals surface area (Å²) >= 11 is 0. The second-order valence-corrected chi connectivity index (χ2v) is 12.9. The molecule has 5 nitrogen and oxygen atoms in total. The molecule has 1 aliphatic rings. The molecule has 6 heteroatoms. The molecule has 0 radical (unpaired) electrons. The van der Waals surface area contributed by atoms with Gasteiger partial charge in [0, 0.05) is 26.8 Å². The molecular weight excluding hydrogens is 294 g/mol. The van der Waals surface area contributed by atoms with Crippen LogP contribution < -0.4 is 0 Å². The molecule has 0 amide bonds. The van der Waals surface area contributed by atoms with Crippen molar-refractivity contribution in [2.24, 2.45) is 0 Å². The molecule has 2 heterocycles. The maximum absolute atomic E-state index is 11.3. The number of hydrogen-bond donors (Lipinski definition) is 0. The van der Waals surface area contributed by atoms with Gasteiger partial charge in [-0.3, -0.25) is 4.79 Å². The van der Waals surface area contributed by atoms with Crippen LogP contribution in [0.1, 0.15) is 34.8 Å². The van der Waals surface area contributed by atoms with E-state index in [-0.39, 0.29) is 0 Å². The minimum absolute atomic E-state index is 0.423. The number of fused-ring (bicyclic) bond motifs is 1. The van der Waals surface area contributed by atoms with Gasteiger partial charge >= 0.3 is 0 Å². The largest absolute Gasteiger partial charge is 0.361 e. The number of rotatable bonds is 7. The maximum atomic E-state index is 11.3. The van der Waals surface area contributed by atoms with Gasteiger partial charge < -0.3 is 9.30 Å². The van der Waals surface area contributed by atoms with Crippen molar-refractivity contribution in [3.05, 3.63) is 23.7 Å². The van der Waals surface area contributed by atoms with E-state index in [4.69, 9.17) is 4.74 Å². The molecule has 0 atom stereocenters. The highest BCUT2D eigenvalue weighted by atomic mass is 28.3. The zero-order chi connectivity index (χ0) is 15.7. The van der Waals surface area contributed by atoms with Crippen LogP contribution in [0.5, 0.6) is 0 Å². The molecule has 0 aliphatic heterocycles. The molecule has 2 aromatic rings. The Morgan fingerprint density at radius 1 is 1.41 bits per heavy atom. The highest BCUT2D eigenvalue weighted by Crippen LogP contribution is 2.39. The predicted octanol–water partition coefficient (Wildman–Crippen LogP) is 3.43. The van der Waals surface area contributed by atoms with Gasteiger partial charge in [-0.05, 0) is 18.9 Å². The van der Waals surface area contributed by atoms with Crippen LogP contribution in [0.2, 0.25) is 25.7 Å². The van der Waals surface area contributed by atoms with Crippen molar-refractivity contribution >= 4 is 25.5 Å². The standard InChI is InChI=1S/C16H23N3O2Si/c1-22(2,3)7-6-21-11-19-9-13(10-20)15-16(19)17-8-14(18-15)12-4-5-12/h8-10,12H,4-7,11H2,1-3H3. The zero-order valence-electron chi connectivity index (χ0n) is 13.5. The Morgan fingerprint density at radius 3 is 2.82 bits per heavy atom. The maximum Gasteiger partial charge on any atom is 0.161 e. The number of carbonyl (C=O) groups is 1. The predicted molar refractivity (Wildman–Crippen MR) is 89.0 cm³/mol. The molecule has 0 bridgehead atoms. The Bertz CT molecular complexity index is 686. The first-order chi connectivity index (χ1) is 10.5. The molecular formula is C16H23N3O2Si. The summed E-state index contributed by atoms with van der Waals surface area (Å²) < 4.78 is 7.65. The van der Waals surface area contributed by atoms with Crippen LogP contribution in [0.3, 0.4) is 0 Å². The summed E-state index contributed by atoms with van der Waals surface area (Å²) in [6, 6.07) is 1.13. The molecule has 3 rings (SSSR count). The summed E-state index contributed by atoms with van der Waals surface area (Å²) in [5.41, 5.74) is 3.04. The molecule has 1 fully saturated rings. The smallest absolute Gasteiger partial charge is 0.161 e. The van der Waals surface area contributed by atoms with Crippen LogP contribution in [0.25, 0.3) is 11.2 Å². The van der Waals surface area contributed by atoms with Gasteiger partial charge in [0.05, 0.1) is 17.5 Å². The third-order valence-electron chi connectivity index (χ3n) is 3.96. The summed E-state index contributed by atoms with van der Waals surface area (Å²) in [4.78, 5) is 20.4. The van der Waals surface area contributed by atoms with Gasteiger partial charge in [0.15, 0.2) is 11.9 Å². The molecule has 0 N–H and O–H groups in total. The molecule has 22 heavy (non-hydrogen) atoms. The summed E-state index contributed by atoms with van der Waals surface area (Å²) in [5.74, 6) is 0.535. The van der Waals surface area contributed by atoms with Crippen LogP contribution in [0, 0.1) is 0 Å². The number of aldehydes is 1. The van der Waals surface area contributed by atoms with Crippen molar-refractivity contribution in [1.82, 2.24) is 14.5 Å². The summed E-state index contributed by atoms with van der Waals surface area (Å²) in [7, 11) is -1.08. The van der Waals surface area contributed by atoms with Gasteiger partial charge in [0.1, 0.15) is 12.2 Å². The molecule has 0 saturated heterocycles. The number of ether oxygens (including phenoxy) is 1. The van der Waals surface area contributed by atoms with E-state index in [1.54, 1.807) is 6.20 Å². The molecule has 0 aromatic carbocycles. The number of carbonyl (C=O) groups excluding carboxylic acids is 1. The van der Waals surface area contributed by atoms with E-state index in [1.807, 2.05) is 10.8 Å². The van der Waals surface area contributed by atoms with Gasteiger partial charge in [0.2, 0.25) is 0 Å². The molecule has 0 spiro atoms. The summed E-state index contributed by atoms with van der Waals surface area (Å²) in [6.45, 7) is 8.16. The second kappa shape index (κ2) is 5.93. The summed E-state index contributed by atoms with van der Waals surface area (Å²) in [6.07, 6.45) is 6.84. The topological polar surface area (TPSA) is 57.0 Å². The van der Waals surface area contributed by atoms with Gasteiger partial charge in [-0.2, -0.15) is 0 Å². The Kier molecular flexibility index (Phi) is 4.14. The number of aromatic nitrogens is 3. The van der Waals surface area contributed by atoms with Crippen LogP contribution in [0.15, 0.2) is 12.4 Å². The first kappa shape index (κ1) is 15.4. The van der Waals surface area contributed by atoms with Crippen LogP contribution in [-0.2, 0) is 11.5 Å². The first-order valence-corrected chi connectivity index (χ1v) is 11.6. The van der Waals surface area contributed by atoms with Crippen molar-refractivity contribution in [1.29, 1.82) is 0 Å². The quantitative estimate of drug-likeness (QED) is 0.446. The van der Waals surface area contributed by atoms with E-state index < -0.39 is 8.07 Å².